The number of halogens is 9. The summed E-state index contributed by atoms with van der Waals surface area (Å²) < 4.78 is 128. The molecule has 1 heterocycles. The summed E-state index contributed by atoms with van der Waals surface area (Å²) >= 11 is 0. The van der Waals surface area contributed by atoms with E-state index in [1.807, 2.05) is 0 Å². The van der Waals surface area contributed by atoms with Crippen LogP contribution in [0.4, 0.5) is 39.5 Å². The van der Waals surface area contributed by atoms with Crippen molar-refractivity contribution >= 4 is 15.0 Å². The van der Waals surface area contributed by atoms with Crippen LogP contribution in [-0.4, -0.2) is 52.7 Å². The molecular formula is C6H4B2F9O5. The Balaban J connectivity index is 2.72. The molecule has 1 saturated heterocycles. The molecule has 1 aliphatic rings. The molecule has 0 saturated carbocycles. The predicted octanol–water partition coefficient (Wildman–Crippen LogP) is 1.94. The zero-order valence-corrected chi connectivity index (χ0v) is 10.0. The van der Waals surface area contributed by atoms with Crippen LogP contribution in [0, 0.1) is 0 Å². The molecule has 1 aliphatic heterocycles. The largest absolute Gasteiger partial charge is 0.644 e. The van der Waals surface area contributed by atoms with Gasteiger partial charge < -0.3 is 23.3 Å². The summed E-state index contributed by atoms with van der Waals surface area (Å²) in [7, 11) is -2.89. The molecule has 127 valence electrons. The van der Waals surface area contributed by atoms with Crippen LogP contribution in [-0.2, 0) is 23.3 Å². The maximum atomic E-state index is 12.5. The molecular weight excluding hydrogens is 345 g/mol. The van der Waals surface area contributed by atoms with Gasteiger partial charge in [-0.1, -0.05) is 0 Å². The van der Waals surface area contributed by atoms with Crippen LogP contribution < -0.4 is 0 Å². The molecule has 0 atom stereocenters. The van der Waals surface area contributed by atoms with Crippen molar-refractivity contribution in [3.8, 4) is 0 Å². The van der Waals surface area contributed by atoms with Crippen molar-refractivity contribution in [3.05, 3.63) is 0 Å². The molecule has 16 heteroatoms. The lowest BCUT2D eigenvalue weighted by Crippen LogP contribution is -2.64. The van der Waals surface area contributed by atoms with Gasteiger partial charge in [-0.25, -0.2) is 0 Å². The van der Waals surface area contributed by atoms with Crippen LogP contribution in [0.2, 0.25) is 0 Å². The van der Waals surface area contributed by atoms with Gasteiger partial charge in [0.1, 0.15) is 13.2 Å². The first-order valence-corrected chi connectivity index (χ1v) is 5.03. The van der Waals surface area contributed by atoms with Gasteiger partial charge in [0, 0.05) is 0 Å². The predicted molar refractivity (Wildman–Crippen MR) is 47.6 cm³/mol. The molecule has 0 amide bonds. The highest BCUT2D eigenvalue weighted by Gasteiger charge is 2.67. The van der Waals surface area contributed by atoms with Crippen molar-refractivity contribution in [2.24, 2.45) is 0 Å². The SMILES string of the molecule is FC(F)(F)COB(OCC(F)(F)F)OC1(C(F)(F)F)O[B]O1. The van der Waals surface area contributed by atoms with E-state index in [0.29, 0.717) is 0 Å². The van der Waals surface area contributed by atoms with Gasteiger partial charge in [0.25, 0.3) is 0 Å². The molecule has 1 fully saturated rings. The highest BCUT2D eigenvalue weighted by Crippen LogP contribution is 2.41. The van der Waals surface area contributed by atoms with Crippen molar-refractivity contribution in [2.75, 3.05) is 13.2 Å². The van der Waals surface area contributed by atoms with Crippen molar-refractivity contribution in [1.29, 1.82) is 0 Å². The average molecular weight is 349 g/mol. The second-order valence-electron chi connectivity index (χ2n) is 3.64. The second-order valence-corrected chi connectivity index (χ2v) is 3.64. The minimum absolute atomic E-state index is 0.109. The Morgan fingerprint density at radius 2 is 1.23 bits per heavy atom. The Hall–Kier alpha value is -0.700. The molecule has 1 radical (unpaired) electrons. The Bertz CT molecular complexity index is 347. The minimum Gasteiger partial charge on any atom is -0.376 e. The van der Waals surface area contributed by atoms with E-state index >= 15 is 0 Å². The molecule has 0 bridgehead atoms. The van der Waals surface area contributed by atoms with Gasteiger partial charge in [-0.2, -0.15) is 39.5 Å². The second kappa shape index (κ2) is 6.43. The van der Waals surface area contributed by atoms with Crippen molar-refractivity contribution in [2.45, 2.75) is 24.5 Å². The first-order valence-electron chi connectivity index (χ1n) is 5.03. The molecule has 22 heavy (non-hydrogen) atoms. The van der Waals surface area contributed by atoms with Gasteiger partial charge in [0.05, 0.1) is 0 Å². The topological polar surface area (TPSA) is 46.2 Å². The number of alkyl halides is 9. The number of hydrogen-bond donors (Lipinski definition) is 0. The summed E-state index contributed by atoms with van der Waals surface area (Å²) in [4.78, 5) is 0. The zero-order valence-electron chi connectivity index (χ0n) is 10.0. The van der Waals surface area contributed by atoms with E-state index in [9.17, 15) is 39.5 Å². The van der Waals surface area contributed by atoms with E-state index < -0.39 is 45.0 Å². The first kappa shape index (κ1) is 19.3. The Morgan fingerprint density at radius 1 is 0.818 bits per heavy atom. The van der Waals surface area contributed by atoms with Crippen LogP contribution in [0.1, 0.15) is 0 Å². The van der Waals surface area contributed by atoms with E-state index in [4.69, 9.17) is 0 Å². The van der Waals surface area contributed by atoms with Gasteiger partial charge >= 0.3 is 39.5 Å². The fraction of sp³-hybridized carbons (Fsp3) is 1.00. The lowest BCUT2D eigenvalue weighted by molar-refractivity contribution is -0.455. The third-order valence-electron chi connectivity index (χ3n) is 1.77. The van der Waals surface area contributed by atoms with Gasteiger partial charge in [-0.3, -0.25) is 0 Å². The summed E-state index contributed by atoms with van der Waals surface area (Å²) in [6.07, 6.45) is -15.5. The van der Waals surface area contributed by atoms with Gasteiger partial charge in [-0.15, -0.1) is 0 Å². The summed E-state index contributed by atoms with van der Waals surface area (Å²) in [5, 5.41) is 0. The molecule has 0 N–H and O–H groups in total. The standard InChI is InChI=1S/C6H4B2F9O5/c9-3(10,11)1-18-8(19-2-4(12,13)14)22-6(5(15,16)17)20-7-21-6/h1-2H2. The van der Waals surface area contributed by atoms with Crippen molar-refractivity contribution < 1.29 is 62.8 Å². The fourth-order valence-corrected chi connectivity index (χ4v) is 0.959. The maximum absolute atomic E-state index is 12.5. The lowest BCUT2D eigenvalue weighted by Gasteiger charge is -2.41. The van der Waals surface area contributed by atoms with E-state index in [1.54, 1.807) is 0 Å². The highest BCUT2D eigenvalue weighted by atomic mass is 19.4. The summed E-state index contributed by atoms with van der Waals surface area (Å²) in [5.41, 5.74) is 0. The molecule has 1 rings (SSSR count). The summed E-state index contributed by atoms with van der Waals surface area (Å²) in [5.74, 6) is -3.91. The summed E-state index contributed by atoms with van der Waals surface area (Å²) in [6.45, 7) is -4.46. The van der Waals surface area contributed by atoms with Crippen LogP contribution in [0.25, 0.3) is 0 Å². The first-order chi connectivity index (χ1) is 9.74. The van der Waals surface area contributed by atoms with Crippen LogP contribution in [0.5, 0.6) is 0 Å². The van der Waals surface area contributed by atoms with Crippen molar-refractivity contribution in [1.82, 2.24) is 0 Å². The molecule has 0 unspecified atom stereocenters. The number of hydrogen-bond acceptors (Lipinski definition) is 5. The van der Waals surface area contributed by atoms with E-state index in [2.05, 4.69) is 23.3 Å². The lowest BCUT2D eigenvalue weighted by atomic mass is 10.2. The Kier molecular flexibility index (Phi) is 5.65. The van der Waals surface area contributed by atoms with Gasteiger partial charge in [-0.05, 0) is 0 Å². The minimum atomic E-state index is -5.44. The van der Waals surface area contributed by atoms with Gasteiger partial charge in [0.2, 0.25) is 0 Å². The van der Waals surface area contributed by atoms with Gasteiger partial charge in [0.15, 0.2) is 0 Å². The third-order valence-corrected chi connectivity index (χ3v) is 1.77. The monoisotopic (exact) mass is 349 g/mol. The molecule has 0 spiro atoms. The normalized spacial score (nSPS) is 18.6. The molecule has 5 nitrogen and oxygen atoms in total. The van der Waals surface area contributed by atoms with Crippen LogP contribution in [0.15, 0.2) is 0 Å². The van der Waals surface area contributed by atoms with Crippen molar-refractivity contribution in [3.63, 3.8) is 0 Å². The third kappa shape index (κ3) is 5.83. The van der Waals surface area contributed by atoms with E-state index in [0.717, 1.165) is 0 Å². The smallest absolute Gasteiger partial charge is 0.376 e. The quantitative estimate of drug-likeness (QED) is 0.542. The highest BCUT2D eigenvalue weighted by molar-refractivity contribution is 6.36. The van der Waals surface area contributed by atoms with Crippen LogP contribution >= 0.6 is 0 Å². The zero-order chi connectivity index (χ0) is 17.2. The molecule has 0 aliphatic carbocycles. The Morgan fingerprint density at radius 3 is 1.45 bits per heavy atom. The van der Waals surface area contributed by atoms with E-state index in [1.165, 1.54) is 0 Å². The molecule has 0 aromatic carbocycles. The van der Waals surface area contributed by atoms with Crippen LogP contribution in [0.3, 0.4) is 0 Å². The maximum Gasteiger partial charge on any atom is 0.644 e. The molecule has 0 aromatic heterocycles. The van der Waals surface area contributed by atoms with E-state index in [-0.39, 0.29) is 7.69 Å². The fourth-order valence-electron chi connectivity index (χ4n) is 0.959. The average Bonchev–Trinajstić information content (AvgIpc) is 2.21. The summed E-state index contributed by atoms with van der Waals surface area (Å²) in [6, 6.07) is 0. The number of rotatable bonds is 6. The Labute approximate surface area is 117 Å². The molecule has 0 aromatic rings.